The number of ether oxygens (including phenoxy) is 1. The molecule has 1 aromatic carbocycles. The third kappa shape index (κ3) is 4.08. The van der Waals surface area contributed by atoms with Gasteiger partial charge in [0.1, 0.15) is 5.69 Å². The average Bonchev–Trinajstić information content (AvgIpc) is 3.47. The number of benzene rings is 1. The van der Waals surface area contributed by atoms with Gasteiger partial charge < -0.3 is 20.4 Å². The number of aryl methyl sites for hydroxylation is 1. The first-order valence-corrected chi connectivity index (χ1v) is 9.31. The predicted octanol–water partition coefficient (Wildman–Crippen LogP) is 3.26. The van der Waals surface area contributed by atoms with E-state index in [1.54, 1.807) is 13.8 Å². The summed E-state index contributed by atoms with van der Waals surface area (Å²) < 4.78 is 4.78. The van der Waals surface area contributed by atoms with Crippen molar-refractivity contribution in [3.05, 3.63) is 52.3 Å². The molecule has 1 saturated carbocycles. The number of anilines is 1. The van der Waals surface area contributed by atoms with Crippen molar-refractivity contribution in [2.75, 3.05) is 12.4 Å². The fourth-order valence-electron chi connectivity index (χ4n) is 3.18. The Labute approximate surface area is 163 Å². The molecule has 0 spiro atoms. The number of esters is 1. The number of hydrogen-bond acceptors (Lipinski definition) is 4. The molecule has 7 heteroatoms. The molecule has 7 nitrogen and oxygen atoms in total. The molecule has 1 aliphatic carbocycles. The predicted molar refractivity (Wildman–Crippen MR) is 105 cm³/mol. The van der Waals surface area contributed by atoms with E-state index in [1.165, 1.54) is 7.11 Å². The minimum absolute atomic E-state index is 0.0631. The first-order chi connectivity index (χ1) is 13.3. The fraction of sp³-hybridized carbons (Fsp3) is 0.381. The number of hydrogen-bond donors (Lipinski definition) is 3. The number of amides is 2. The van der Waals surface area contributed by atoms with Crippen molar-refractivity contribution in [3.8, 4) is 0 Å². The molecule has 0 radical (unpaired) electrons. The first kappa shape index (κ1) is 19.7. The molecule has 0 saturated heterocycles. The van der Waals surface area contributed by atoms with Crippen LogP contribution in [0, 0.1) is 19.8 Å². The Kier molecular flexibility index (Phi) is 5.53. The summed E-state index contributed by atoms with van der Waals surface area (Å²) in [7, 11) is 1.31. The van der Waals surface area contributed by atoms with Gasteiger partial charge in [-0.3, -0.25) is 9.59 Å². The van der Waals surface area contributed by atoms with Gasteiger partial charge in [-0.1, -0.05) is 12.1 Å². The lowest BCUT2D eigenvalue weighted by Gasteiger charge is -2.15. The van der Waals surface area contributed by atoms with Gasteiger partial charge >= 0.3 is 5.97 Å². The summed E-state index contributed by atoms with van der Waals surface area (Å²) in [5.41, 5.74) is 3.55. The van der Waals surface area contributed by atoms with E-state index in [2.05, 4.69) is 15.6 Å². The van der Waals surface area contributed by atoms with E-state index < -0.39 is 5.97 Å². The van der Waals surface area contributed by atoms with E-state index >= 15 is 0 Å². The average molecular weight is 383 g/mol. The molecule has 2 aromatic rings. The highest BCUT2D eigenvalue weighted by Gasteiger charge is 2.29. The molecule has 148 valence electrons. The van der Waals surface area contributed by atoms with Crippen molar-refractivity contribution < 1.29 is 19.1 Å². The summed E-state index contributed by atoms with van der Waals surface area (Å²) in [5, 5.41) is 5.82. The normalized spacial score (nSPS) is 14.3. The van der Waals surface area contributed by atoms with E-state index in [-0.39, 0.29) is 23.8 Å². The number of nitrogens with one attached hydrogen (secondary N) is 3. The second-order valence-corrected chi connectivity index (χ2v) is 7.20. The Morgan fingerprint density at radius 2 is 1.79 bits per heavy atom. The molecule has 1 heterocycles. The van der Waals surface area contributed by atoms with Crippen LogP contribution in [0.15, 0.2) is 24.3 Å². The molecule has 1 fully saturated rings. The smallest absolute Gasteiger partial charge is 0.339 e. The number of methoxy groups -OCH3 is 1. The monoisotopic (exact) mass is 383 g/mol. The third-order valence-corrected chi connectivity index (χ3v) is 5.03. The van der Waals surface area contributed by atoms with Crippen LogP contribution < -0.4 is 10.6 Å². The summed E-state index contributed by atoms with van der Waals surface area (Å²) in [6.07, 6.45) is 1.92. The Morgan fingerprint density at radius 1 is 1.14 bits per heavy atom. The van der Waals surface area contributed by atoms with Crippen LogP contribution in [0.4, 0.5) is 5.69 Å². The van der Waals surface area contributed by atoms with Crippen molar-refractivity contribution >= 4 is 23.5 Å². The lowest BCUT2D eigenvalue weighted by Crippen LogP contribution is -2.27. The number of carbonyl (C=O) groups is 3. The van der Waals surface area contributed by atoms with Gasteiger partial charge in [0, 0.05) is 17.3 Å². The maximum Gasteiger partial charge on any atom is 0.339 e. The molecule has 1 atom stereocenters. The molecule has 2 amide bonds. The van der Waals surface area contributed by atoms with Crippen molar-refractivity contribution in [2.24, 2.45) is 5.92 Å². The number of aromatic amines is 1. The second kappa shape index (κ2) is 7.88. The standard InChI is InChI=1S/C21H25N3O4/c1-11-17(21(27)28-4)13(3)22-18(11)20(26)23-12(2)14-7-9-16(10-8-14)24-19(25)15-5-6-15/h7-10,12,15,22H,5-6H2,1-4H3,(H,23,26)(H,24,25). The molecule has 1 aromatic heterocycles. The molecule has 3 rings (SSSR count). The summed E-state index contributed by atoms with van der Waals surface area (Å²) in [6.45, 7) is 5.32. The highest BCUT2D eigenvalue weighted by atomic mass is 16.5. The first-order valence-electron chi connectivity index (χ1n) is 9.31. The summed E-state index contributed by atoms with van der Waals surface area (Å²) in [5.74, 6) is -0.551. The molecular weight excluding hydrogens is 358 g/mol. The van der Waals surface area contributed by atoms with Crippen molar-refractivity contribution in [1.82, 2.24) is 10.3 Å². The molecule has 0 bridgehead atoms. The van der Waals surface area contributed by atoms with E-state index in [1.807, 2.05) is 31.2 Å². The fourth-order valence-corrected chi connectivity index (χ4v) is 3.18. The van der Waals surface area contributed by atoms with E-state index in [0.29, 0.717) is 22.5 Å². The van der Waals surface area contributed by atoms with Gasteiger partial charge in [-0.2, -0.15) is 0 Å². The quantitative estimate of drug-likeness (QED) is 0.667. The van der Waals surface area contributed by atoms with Crippen LogP contribution in [0.5, 0.6) is 0 Å². The van der Waals surface area contributed by atoms with Crippen molar-refractivity contribution in [2.45, 2.75) is 39.7 Å². The Morgan fingerprint density at radius 3 is 2.36 bits per heavy atom. The zero-order valence-corrected chi connectivity index (χ0v) is 16.5. The molecule has 3 N–H and O–H groups in total. The van der Waals surface area contributed by atoms with Gasteiger partial charge in [-0.25, -0.2) is 4.79 Å². The molecule has 1 aliphatic rings. The van der Waals surface area contributed by atoms with Gasteiger partial charge in [0.15, 0.2) is 0 Å². The van der Waals surface area contributed by atoms with Crippen LogP contribution in [-0.4, -0.2) is 29.9 Å². The van der Waals surface area contributed by atoms with Crippen LogP contribution >= 0.6 is 0 Å². The molecular formula is C21H25N3O4. The van der Waals surface area contributed by atoms with Gasteiger partial charge in [0.25, 0.3) is 5.91 Å². The van der Waals surface area contributed by atoms with E-state index in [4.69, 9.17) is 4.74 Å². The van der Waals surface area contributed by atoms with Gasteiger partial charge in [0.05, 0.1) is 18.7 Å². The molecule has 0 aliphatic heterocycles. The van der Waals surface area contributed by atoms with Crippen molar-refractivity contribution in [1.29, 1.82) is 0 Å². The Bertz CT molecular complexity index is 910. The molecule has 1 unspecified atom stereocenters. The topological polar surface area (TPSA) is 100 Å². The van der Waals surface area contributed by atoms with E-state index in [9.17, 15) is 14.4 Å². The lowest BCUT2D eigenvalue weighted by molar-refractivity contribution is -0.117. The van der Waals surface area contributed by atoms with Gasteiger partial charge in [0.2, 0.25) is 5.91 Å². The maximum absolute atomic E-state index is 12.7. The SMILES string of the molecule is COC(=O)c1c(C)[nH]c(C(=O)NC(C)c2ccc(NC(=O)C3CC3)cc2)c1C. The number of rotatable bonds is 6. The number of carbonyl (C=O) groups excluding carboxylic acids is 3. The van der Waals surface area contributed by atoms with Crippen LogP contribution in [-0.2, 0) is 9.53 Å². The third-order valence-electron chi connectivity index (χ3n) is 5.03. The highest BCUT2D eigenvalue weighted by Crippen LogP contribution is 2.30. The largest absolute Gasteiger partial charge is 0.465 e. The number of aromatic nitrogens is 1. The second-order valence-electron chi connectivity index (χ2n) is 7.20. The van der Waals surface area contributed by atoms with Crippen LogP contribution in [0.1, 0.15) is 63.5 Å². The summed E-state index contributed by atoms with van der Waals surface area (Å²) >= 11 is 0. The summed E-state index contributed by atoms with van der Waals surface area (Å²) in [4.78, 5) is 39.3. The zero-order chi connectivity index (χ0) is 20.4. The van der Waals surface area contributed by atoms with Crippen LogP contribution in [0.3, 0.4) is 0 Å². The van der Waals surface area contributed by atoms with Crippen molar-refractivity contribution in [3.63, 3.8) is 0 Å². The molecule has 28 heavy (non-hydrogen) atoms. The van der Waals surface area contributed by atoms with E-state index in [0.717, 1.165) is 24.1 Å². The lowest BCUT2D eigenvalue weighted by atomic mass is 10.1. The Hall–Kier alpha value is -3.09. The van der Waals surface area contributed by atoms with Gasteiger partial charge in [-0.15, -0.1) is 0 Å². The number of H-pyrrole nitrogens is 1. The Balaban J connectivity index is 1.67. The zero-order valence-electron chi connectivity index (χ0n) is 16.5. The minimum atomic E-state index is -0.470. The summed E-state index contributed by atoms with van der Waals surface area (Å²) in [6, 6.07) is 7.17. The van der Waals surface area contributed by atoms with Crippen LogP contribution in [0.2, 0.25) is 0 Å². The maximum atomic E-state index is 12.7. The minimum Gasteiger partial charge on any atom is -0.465 e. The highest BCUT2D eigenvalue weighted by molar-refractivity contribution is 6.00. The van der Waals surface area contributed by atoms with Crippen LogP contribution in [0.25, 0.3) is 0 Å². The van der Waals surface area contributed by atoms with Gasteiger partial charge in [-0.05, 0) is 56.9 Å².